The lowest BCUT2D eigenvalue weighted by Gasteiger charge is -2.35. The second-order valence-corrected chi connectivity index (χ2v) is 36.2. The van der Waals surface area contributed by atoms with Crippen LogP contribution in [0.25, 0.3) is 49.5 Å². The molecule has 0 saturated heterocycles. The van der Waals surface area contributed by atoms with Crippen LogP contribution >= 0.6 is 69.5 Å². The van der Waals surface area contributed by atoms with Crippen LogP contribution in [-0.2, 0) is 58.9 Å². The number of aryl methyl sites for hydroxylation is 8. The van der Waals surface area contributed by atoms with Gasteiger partial charge in [-0.15, -0.1) is 56.7 Å². The second-order valence-electron chi connectivity index (χ2n) is 30.8. The number of thiophene rings is 5. The van der Waals surface area contributed by atoms with Crippen LogP contribution in [0.3, 0.4) is 0 Å². The Kier molecular flexibility index (Phi) is 25.4. The van der Waals surface area contributed by atoms with Crippen molar-refractivity contribution in [3.05, 3.63) is 219 Å². The van der Waals surface area contributed by atoms with Crippen molar-refractivity contribution in [3.63, 3.8) is 0 Å². The van der Waals surface area contributed by atoms with Gasteiger partial charge in [-0.2, -0.15) is 0 Å². The molecule has 2 unspecified atom stereocenters. The molecule has 0 fully saturated rings. The summed E-state index contributed by atoms with van der Waals surface area (Å²) >= 11 is 14.1. The predicted octanol–water partition coefficient (Wildman–Crippen LogP) is 27.8. The standard InChI is InChI=1S/C94H108N4O2S6/c1-9-15-21-27-33-61-43-59(7)45-69(49-61)93(71-51-63(35-29-23-17-11-3)47-64(52-71)36-30-24-18-12-4)75-55-76(73-41-39-67(57-99)82(95)84(73)97)102-86(75)88-80(93)90-92(105-88)81-91(106-90)89-79(87-78(104-89)56-77(103-87)74-42-40-68(58-100)83(96)85(74)98-101)94(81,70-46-60(8)44-62(50-70)34-28-22-16-10-2)72-53-65(37-31-25-19-13-5)48-66(54-72)38-32-26-20-14-6/h39-58,95-97,101H,9-38H2,1-8H3. The van der Waals surface area contributed by atoms with E-state index in [0.717, 1.165) is 105 Å². The van der Waals surface area contributed by atoms with Gasteiger partial charge < -0.3 is 0 Å². The summed E-state index contributed by atoms with van der Waals surface area (Å²) in [6, 6.07) is 35.9. The second kappa shape index (κ2) is 34.9. The van der Waals surface area contributed by atoms with Gasteiger partial charge in [0.15, 0.2) is 12.6 Å². The summed E-state index contributed by atoms with van der Waals surface area (Å²) in [4.78, 5) is 32.2. The van der Waals surface area contributed by atoms with E-state index in [1.54, 1.807) is 23.5 Å². The summed E-state index contributed by atoms with van der Waals surface area (Å²) in [5, 5.41) is 28.2. The molecule has 0 radical (unpaired) electrons. The summed E-state index contributed by atoms with van der Waals surface area (Å²) in [6.07, 6.45) is 43.4. The highest BCUT2D eigenvalue weighted by Gasteiger charge is 2.56. The molecule has 0 aliphatic heterocycles. The van der Waals surface area contributed by atoms with E-state index in [1.807, 2.05) is 57.5 Å². The van der Waals surface area contributed by atoms with Gasteiger partial charge >= 0.3 is 0 Å². The fourth-order valence-corrected chi connectivity index (χ4v) is 25.3. The van der Waals surface area contributed by atoms with Crippen LogP contribution in [0.1, 0.15) is 294 Å². The van der Waals surface area contributed by atoms with E-state index in [9.17, 15) is 25.8 Å². The number of fused-ring (bicyclic) bond motifs is 11. The molecule has 106 heavy (non-hydrogen) atoms. The molecule has 2 atom stereocenters. The maximum atomic E-state index is 12.5. The van der Waals surface area contributed by atoms with Gasteiger partial charge in [0.25, 0.3) is 0 Å². The van der Waals surface area contributed by atoms with Crippen molar-refractivity contribution in [2.75, 3.05) is 0 Å². The minimum atomic E-state index is -0.798. The maximum Gasteiger partial charge on any atom is 0.152 e. The third-order valence-corrected chi connectivity index (χ3v) is 29.6. The molecule has 6 nitrogen and oxygen atoms in total. The minimum absolute atomic E-state index is 0.0330. The first-order valence-corrected chi connectivity index (χ1v) is 44.8. The zero-order valence-corrected chi connectivity index (χ0v) is 69.0. The Morgan fingerprint density at radius 2 is 0.726 bits per heavy atom. The van der Waals surface area contributed by atoms with Gasteiger partial charge in [0, 0.05) is 53.4 Å². The predicted molar refractivity (Wildman–Crippen MR) is 466 cm³/mol. The van der Waals surface area contributed by atoms with Gasteiger partial charge in [-0.05, 0) is 189 Å². The number of benzene rings is 4. The Balaban J connectivity index is 1.19. The van der Waals surface area contributed by atoms with Crippen molar-refractivity contribution in [2.45, 2.75) is 259 Å². The largest absolute Gasteiger partial charge is 0.298 e. The molecule has 3 N–H and O–H groups in total. The summed E-state index contributed by atoms with van der Waals surface area (Å²) in [6.45, 7) is 18.5. The molecule has 0 amide bonds. The zero-order valence-electron chi connectivity index (χ0n) is 64.0. The van der Waals surface area contributed by atoms with E-state index in [4.69, 9.17) is 0 Å². The van der Waals surface area contributed by atoms with Crippen LogP contribution < -0.4 is 0 Å². The summed E-state index contributed by atoms with van der Waals surface area (Å²) in [5.41, 5.74) is 22.6. The molecular formula is C94H108N4O2S6. The van der Waals surface area contributed by atoms with E-state index in [-0.39, 0.29) is 22.7 Å². The first kappa shape index (κ1) is 77.4. The van der Waals surface area contributed by atoms with Gasteiger partial charge in [0.1, 0.15) is 5.71 Å². The summed E-state index contributed by atoms with van der Waals surface area (Å²) in [5.74, 6) is 0. The van der Waals surface area contributed by atoms with Crippen LogP contribution in [0.15, 0.2) is 125 Å². The Labute approximate surface area is 657 Å². The molecular weight excluding hydrogens is 1410 g/mol. The number of hydrogen-bond donors (Lipinski definition) is 4. The number of allylic oxidation sites excluding steroid dienone is 8. The van der Waals surface area contributed by atoms with Gasteiger partial charge in [0.05, 0.1) is 61.6 Å². The Bertz CT molecular complexity index is 4920. The van der Waals surface area contributed by atoms with Crippen LogP contribution in [0.4, 0.5) is 0 Å². The number of unbranched alkanes of at least 4 members (excludes halogenated alkanes) is 18. The number of carbonyl (C=O) groups excluding carboxylic acids is 2. The molecule has 5 heterocycles. The van der Waals surface area contributed by atoms with Crippen molar-refractivity contribution in [2.24, 2.45) is 4.40 Å². The van der Waals surface area contributed by atoms with E-state index in [0.29, 0.717) is 16.9 Å². The maximum absolute atomic E-state index is 12.5. The first-order valence-electron chi connectivity index (χ1n) is 40.3. The van der Waals surface area contributed by atoms with Crippen LogP contribution in [0, 0.1) is 30.1 Å². The minimum Gasteiger partial charge on any atom is -0.298 e. The van der Waals surface area contributed by atoms with Crippen molar-refractivity contribution in [1.29, 1.82) is 16.2 Å². The van der Waals surface area contributed by atoms with Gasteiger partial charge in [-0.25, -0.2) is 4.40 Å². The van der Waals surface area contributed by atoms with Crippen molar-refractivity contribution >= 4 is 135 Å². The number of aldehydes is 2. The monoisotopic (exact) mass is 1520 g/mol. The molecule has 4 aromatic carbocycles. The topological polar surface area (TPSA) is 118 Å². The average molecular weight is 1520 g/mol. The molecule has 0 saturated carbocycles. The highest BCUT2D eigenvalue weighted by molar-refractivity contribution is 7.79. The molecule has 12 heteroatoms. The number of nitrogens with zero attached hydrogens (tertiary/aromatic N) is 1. The Morgan fingerprint density at radius 1 is 0.358 bits per heavy atom. The molecule has 5 aromatic heterocycles. The molecule has 0 spiro atoms. The van der Waals surface area contributed by atoms with Gasteiger partial charge in [-0.1, -0.05) is 253 Å². The summed E-state index contributed by atoms with van der Waals surface area (Å²) < 4.78 is 9.62. The van der Waals surface area contributed by atoms with Gasteiger partial charge in [-0.3, -0.25) is 25.8 Å². The zero-order chi connectivity index (χ0) is 74.2. The van der Waals surface area contributed by atoms with Crippen molar-refractivity contribution < 1.29 is 9.59 Å². The third-order valence-electron chi connectivity index (χ3n) is 22.9. The number of thiol groups is 1. The number of carbonyl (C=O) groups is 2. The summed E-state index contributed by atoms with van der Waals surface area (Å²) in [7, 11) is 0. The normalized spacial score (nSPS) is 17.2. The van der Waals surface area contributed by atoms with E-state index in [2.05, 4.69) is 158 Å². The number of nitrogens with one attached hydrogen (secondary N) is 3. The van der Waals surface area contributed by atoms with Crippen molar-refractivity contribution in [3.8, 4) is 19.5 Å². The number of hydrogen-bond acceptors (Lipinski definition) is 12. The fourth-order valence-electron chi connectivity index (χ4n) is 17.6. The lowest BCUT2D eigenvalue weighted by atomic mass is 9.66. The van der Waals surface area contributed by atoms with E-state index in [1.165, 1.54) is 243 Å². The van der Waals surface area contributed by atoms with Crippen LogP contribution in [0.2, 0.25) is 0 Å². The fraction of sp³-hybridized carbons (Fsp3) is 0.426. The molecule has 4 aliphatic rings. The number of rotatable bonds is 38. The third kappa shape index (κ3) is 15.0. The quantitative estimate of drug-likeness (QED) is 0.0133. The first-order chi connectivity index (χ1) is 51.7. The molecule has 13 rings (SSSR count). The lowest BCUT2D eigenvalue weighted by Crippen LogP contribution is -2.30. The van der Waals surface area contributed by atoms with E-state index < -0.39 is 10.8 Å². The Hall–Kier alpha value is -6.77. The Morgan fingerprint density at radius 3 is 1.17 bits per heavy atom. The van der Waals surface area contributed by atoms with Crippen molar-refractivity contribution in [1.82, 2.24) is 0 Å². The smallest absolute Gasteiger partial charge is 0.152 e. The van der Waals surface area contributed by atoms with Crippen LogP contribution in [0.5, 0.6) is 0 Å². The molecule has 4 aliphatic carbocycles. The lowest BCUT2D eigenvalue weighted by molar-refractivity contribution is -0.105. The SMILES string of the molecule is CCCCCCc1cc(C)cc(C2(c3cc(CCCCCC)cc(CCCCCC)c3)c3cc(C4=CC=C(C=O)C(=N)C4=N)sc3-c3sc4c5c(sc4c32)-c2sc3cc(C4=CC=C(C=O)C(=N)C4=NS)sc3c2C5(c2cc(C)cc(CCCCCC)c2)c2cc(CCCCCC)cc(CCCCCC)c2)c1. The van der Waals surface area contributed by atoms with Crippen LogP contribution in [-0.4, -0.2) is 35.4 Å². The highest BCUT2D eigenvalue weighted by Crippen LogP contribution is 2.72. The highest BCUT2D eigenvalue weighted by atomic mass is 32.1. The van der Waals surface area contributed by atoms with E-state index >= 15 is 0 Å². The van der Waals surface area contributed by atoms with Gasteiger partial charge in [0.2, 0.25) is 0 Å². The average Bonchev–Trinajstić information content (AvgIpc) is 1.48. The molecule has 9 aromatic rings. The molecule has 0 bridgehead atoms. The molecule has 552 valence electrons.